The first kappa shape index (κ1) is 13.9. The van der Waals surface area contributed by atoms with E-state index in [1.807, 2.05) is 11.0 Å². The molecule has 0 atom stereocenters. The van der Waals surface area contributed by atoms with E-state index in [1.54, 1.807) is 0 Å². The Morgan fingerprint density at radius 1 is 1.33 bits per heavy atom. The molecule has 4 nitrogen and oxygen atoms in total. The van der Waals surface area contributed by atoms with Crippen LogP contribution in [0.2, 0.25) is 0 Å². The largest absolute Gasteiger partial charge is 0.343 e. The van der Waals surface area contributed by atoms with Crippen molar-refractivity contribution in [2.45, 2.75) is 31.2 Å². The number of nitrogens with zero attached hydrogens (tertiary/aromatic N) is 1. The molecule has 1 N–H and O–H groups in total. The third kappa shape index (κ3) is 2.46. The molecule has 1 aromatic rings. The molecule has 0 unspecified atom stereocenters. The zero-order chi connectivity index (χ0) is 14.9. The number of rotatable bonds is 3. The Bertz CT molecular complexity index is 590. The van der Waals surface area contributed by atoms with Crippen LogP contribution in [-0.4, -0.2) is 29.8 Å². The minimum Gasteiger partial charge on any atom is -0.343 e. The number of hydrogen-bond acceptors (Lipinski definition) is 2. The highest BCUT2D eigenvalue weighted by Crippen LogP contribution is 2.48. The fourth-order valence-electron chi connectivity index (χ4n) is 3.44. The van der Waals surface area contributed by atoms with Gasteiger partial charge in [-0.25, -0.2) is 0 Å². The monoisotopic (exact) mass is 284 g/mol. The molecule has 1 aliphatic heterocycles. The van der Waals surface area contributed by atoms with Crippen LogP contribution in [-0.2, 0) is 21.5 Å². The summed E-state index contributed by atoms with van der Waals surface area (Å²) in [5, 5.41) is 2.57. The first-order valence-corrected chi connectivity index (χ1v) is 7.41. The van der Waals surface area contributed by atoms with Crippen LogP contribution in [0.4, 0.5) is 0 Å². The number of amides is 2. The van der Waals surface area contributed by atoms with E-state index in [9.17, 15) is 9.59 Å². The highest BCUT2D eigenvalue weighted by atomic mass is 16.2. The van der Waals surface area contributed by atoms with Crippen LogP contribution in [0.25, 0.3) is 0 Å². The summed E-state index contributed by atoms with van der Waals surface area (Å²) in [7, 11) is 0. The van der Waals surface area contributed by atoms with E-state index < -0.39 is 0 Å². The van der Waals surface area contributed by atoms with Gasteiger partial charge in [-0.2, -0.15) is 0 Å². The molecule has 110 valence electrons. The molecule has 0 saturated heterocycles. The van der Waals surface area contributed by atoms with Gasteiger partial charge in [0.25, 0.3) is 0 Å². The van der Waals surface area contributed by atoms with Gasteiger partial charge in [-0.05, 0) is 30.0 Å². The minimum atomic E-state index is -0.306. The van der Waals surface area contributed by atoms with Crippen LogP contribution in [0.5, 0.6) is 0 Å². The van der Waals surface area contributed by atoms with Gasteiger partial charge in [0, 0.05) is 18.5 Å². The van der Waals surface area contributed by atoms with Gasteiger partial charge in [0.2, 0.25) is 11.8 Å². The second-order valence-electron chi connectivity index (χ2n) is 5.96. The Kier molecular flexibility index (Phi) is 3.53. The van der Waals surface area contributed by atoms with Gasteiger partial charge in [-0.3, -0.25) is 9.59 Å². The molecule has 4 heteroatoms. The van der Waals surface area contributed by atoms with Crippen molar-refractivity contribution in [2.24, 2.45) is 0 Å². The second kappa shape index (κ2) is 5.35. The topological polar surface area (TPSA) is 49.4 Å². The average Bonchev–Trinajstić information content (AvgIpc) is 2.49. The normalized spacial score (nSPS) is 18.6. The Morgan fingerprint density at radius 2 is 2.10 bits per heavy atom. The summed E-state index contributed by atoms with van der Waals surface area (Å²) < 4.78 is 0. The maximum Gasteiger partial charge on any atom is 0.243 e. The van der Waals surface area contributed by atoms with Crippen LogP contribution >= 0.6 is 0 Å². The predicted molar refractivity (Wildman–Crippen MR) is 80.6 cm³/mol. The third-order valence-corrected chi connectivity index (χ3v) is 4.71. The van der Waals surface area contributed by atoms with E-state index in [1.165, 1.54) is 23.6 Å². The zero-order valence-electron chi connectivity index (χ0n) is 12.1. The van der Waals surface area contributed by atoms with Gasteiger partial charge >= 0.3 is 0 Å². The smallest absolute Gasteiger partial charge is 0.243 e. The maximum absolute atomic E-state index is 12.3. The van der Waals surface area contributed by atoms with E-state index in [4.69, 9.17) is 0 Å². The second-order valence-corrected chi connectivity index (χ2v) is 5.96. The van der Waals surface area contributed by atoms with Gasteiger partial charge in [0.1, 0.15) is 0 Å². The van der Waals surface area contributed by atoms with Crippen molar-refractivity contribution >= 4 is 11.8 Å². The van der Waals surface area contributed by atoms with E-state index in [0.29, 0.717) is 6.54 Å². The van der Waals surface area contributed by atoms with Gasteiger partial charge in [0.15, 0.2) is 0 Å². The number of benzene rings is 1. The third-order valence-electron chi connectivity index (χ3n) is 4.71. The van der Waals surface area contributed by atoms with E-state index in [0.717, 1.165) is 19.4 Å². The molecular formula is C17H20N2O2. The lowest BCUT2D eigenvalue weighted by molar-refractivity contribution is -0.134. The van der Waals surface area contributed by atoms with Crippen molar-refractivity contribution in [3.8, 4) is 0 Å². The summed E-state index contributed by atoms with van der Waals surface area (Å²) >= 11 is 0. The summed E-state index contributed by atoms with van der Waals surface area (Å²) in [4.78, 5) is 25.4. The maximum atomic E-state index is 12.3. The highest BCUT2D eigenvalue weighted by Gasteiger charge is 2.44. The summed E-state index contributed by atoms with van der Waals surface area (Å²) in [5.74, 6) is -0.329. The molecule has 1 saturated carbocycles. The Hall–Kier alpha value is -2.10. The molecule has 1 fully saturated rings. The SMILES string of the molecule is C=CC(=O)NCC(=O)N1Cc2ccccc2C2(CCC2)C1. The number of carbonyl (C=O) groups excluding carboxylic acids is 2. The number of nitrogens with one attached hydrogen (secondary N) is 1. The molecular weight excluding hydrogens is 264 g/mol. The summed E-state index contributed by atoms with van der Waals surface area (Å²) in [6, 6.07) is 8.42. The van der Waals surface area contributed by atoms with Crippen molar-refractivity contribution in [2.75, 3.05) is 13.1 Å². The molecule has 1 aromatic carbocycles. The quantitative estimate of drug-likeness (QED) is 0.860. The molecule has 0 bridgehead atoms. The van der Waals surface area contributed by atoms with Gasteiger partial charge in [0.05, 0.1) is 6.54 Å². The highest BCUT2D eigenvalue weighted by molar-refractivity contribution is 5.90. The summed E-state index contributed by atoms with van der Waals surface area (Å²) in [5.41, 5.74) is 2.80. The lowest BCUT2D eigenvalue weighted by Gasteiger charge is -2.50. The Morgan fingerprint density at radius 3 is 2.76 bits per heavy atom. The van der Waals surface area contributed by atoms with Crippen molar-refractivity contribution in [3.05, 3.63) is 48.0 Å². The molecule has 3 rings (SSSR count). The molecule has 1 aliphatic carbocycles. The van der Waals surface area contributed by atoms with E-state index in [2.05, 4.69) is 30.1 Å². The first-order chi connectivity index (χ1) is 10.1. The van der Waals surface area contributed by atoms with Crippen LogP contribution in [0, 0.1) is 0 Å². The van der Waals surface area contributed by atoms with E-state index >= 15 is 0 Å². The molecule has 2 aliphatic rings. The number of carbonyl (C=O) groups is 2. The lowest BCUT2D eigenvalue weighted by atomic mass is 9.61. The molecule has 2 amide bonds. The van der Waals surface area contributed by atoms with Crippen molar-refractivity contribution in [3.63, 3.8) is 0 Å². The number of fused-ring (bicyclic) bond motifs is 2. The molecule has 1 spiro atoms. The standard InChI is InChI=1S/C17H20N2O2/c1-2-15(20)18-10-16(21)19-11-13-6-3-4-7-14(13)17(12-19)8-5-9-17/h2-4,6-7H,1,5,8-12H2,(H,18,20). The minimum absolute atomic E-state index is 0.0222. The fourth-order valence-corrected chi connectivity index (χ4v) is 3.44. The van der Waals surface area contributed by atoms with Crippen LogP contribution < -0.4 is 5.32 Å². The first-order valence-electron chi connectivity index (χ1n) is 7.41. The fraction of sp³-hybridized carbons (Fsp3) is 0.412. The number of hydrogen-bond donors (Lipinski definition) is 1. The Balaban J connectivity index is 1.76. The zero-order valence-corrected chi connectivity index (χ0v) is 12.1. The van der Waals surface area contributed by atoms with Crippen LogP contribution in [0.1, 0.15) is 30.4 Å². The summed E-state index contributed by atoms with van der Waals surface area (Å²) in [6.45, 7) is 4.84. The molecule has 0 aromatic heterocycles. The molecule has 0 radical (unpaired) electrons. The average molecular weight is 284 g/mol. The van der Waals surface area contributed by atoms with Crippen LogP contribution in [0.15, 0.2) is 36.9 Å². The lowest BCUT2D eigenvalue weighted by Crippen LogP contribution is -2.53. The van der Waals surface area contributed by atoms with Gasteiger partial charge in [-0.1, -0.05) is 37.3 Å². The van der Waals surface area contributed by atoms with Crippen molar-refractivity contribution in [1.29, 1.82) is 0 Å². The van der Waals surface area contributed by atoms with Crippen LogP contribution in [0.3, 0.4) is 0 Å². The van der Waals surface area contributed by atoms with E-state index in [-0.39, 0.29) is 23.8 Å². The predicted octanol–water partition coefficient (Wildman–Crippen LogP) is 1.75. The Labute approximate surface area is 124 Å². The molecule has 1 heterocycles. The van der Waals surface area contributed by atoms with Crippen molar-refractivity contribution in [1.82, 2.24) is 10.2 Å². The van der Waals surface area contributed by atoms with Gasteiger partial charge < -0.3 is 10.2 Å². The van der Waals surface area contributed by atoms with Crippen molar-refractivity contribution < 1.29 is 9.59 Å². The molecule has 21 heavy (non-hydrogen) atoms. The van der Waals surface area contributed by atoms with Gasteiger partial charge in [-0.15, -0.1) is 0 Å². The summed E-state index contributed by atoms with van der Waals surface area (Å²) in [6.07, 6.45) is 4.70.